The summed E-state index contributed by atoms with van der Waals surface area (Å²) in [6, 6.07) is 13.1. The third-order valence-corrected chi connectivity index (χ3v) is 3.90. The lowest BCUT2D eigenvalue weighted by molar-refractivity contribution is -0.118. The second-order valence-electron chi connectivity index (χ2n) is 4.92. The van der Waals surface area contributed by atoms with Crippen molar-refractivity contribution in [3.63, 3.8) is 0 Å². The van der Waals surface area contributed by atoms with E-state index in [0.29, 0.717) is 5.69 Å². The Kier molecular flexibility index (Phi) is 4.05. The van der Waals surface area contributed by atoms with Gasteiger partial charge in [0, 0.05) is 5.56 Å². The molecule has 2 aromatic carbocycles. The minimum absolute atomic E-state index is 0.647. The van der Waals surface area contributed by atoms with Gasteiger partial charge in [0.05, 0.1) is 5.69 Å². The Labute approximate surface area is 137 Å². The third kappa shape index (κ3) is 2.80. The van der Waals surface area contributed by atoms with Gasteiger partial charge in [-0.2, -0.15) is 0 Å². The Morgan fingerprint density at radius 1 is 1.00 bits per heavy atom. The first-order chi connectivity index (χ1) is 10.6. The molecule has 112 valence electrons. The minimum atomic E-state index is -1.28. The number of carbonyl (C=O) groups excluding carboxylic acids is 2. The van der Waals surface area contributed by atoms with E-state index in [1.54, 1.807) is 6.07 Å². The number of urea groups is 1. The van der Waals surface area contributed by atoms with Crippen LogP contribution in [-0.4, -0.2) is 16.8 Å². The molecule has 0 radical (unpaired) electrons. The first-order valence-corrected chi connectivity index (χ1v) is 7.53. The van der Waals surface area contributed by atoms with E-state index in [4.69, 9.17) is 23.2 Å². The number of anilines is 1. The summed E-state index contributed by atoms with van der Waals surface area (Å²) in [4.78, 5) is 21.9. The highest BCUT2D eigenvalue weighted by Gasteiger charge is 2.22. The predicted molar refractivity (Wildman–Crippen MR) is 87.3 cm³/mol. The number of hydrogen-bond donors (Lipinski definition) is 2. The van der Waals surface area contributed by atoms with Crippen LogP contribution in [0.15, 0.2) is 42.5 Å². The molecule has 0 fully saturated rings. The van der Waals surface area contributed by atoms with E-state index in [1.165, 1.54) is 5.56 Å². The third-order valence-electron chi connectivity index (χ3n) is 3.50. The zero-order valence-electron chi connectivity index (χ0n) is 11.4. The number of halogens is 2. The summed E-state index contributed by atoms with van der Waals surface area (Å²) in [5.41, 5.74) is 5.07. The summed E-state index contributed by atoms with van der Waals surface area (Å²) in [5, 5.41) is 4.77. The average Bonchev–Trinajstić information content (AvgIpc) is 2.86. The molecule has 0 atom stereocenters. The first-order valence-electron chi connectivity index (χ1n) is 6.66. The monoisotopic (exact) mass is 334 g/mol. The van der Waals surface area contributed by atoms with Crippen LogP contribution in [0.1, 0.15) is 11.1 Å². The van der Waals surface area contributed by atoms with Crippen molar-refractivity contribution in [2.45, 2.75) is 11.3 Å². The largest absolute Gasteiger partial charge is 0.325 e. The van der Waals surface area contributed by atoms with Gasteiger partial charge in [-0.1, -0.05) is 59.6 Å². The molecule has 3 rings (SSSR count). The van der Waals surface area contributed by atoms with Crippen LogP contribution < -0.4 is 10.6 Å². The Balaban J connectivity index is 1.87. The first kappa shape index (κ1) is 14.9. The van der Waals surface area contributed by atoms with Crippen molar-refractivity contribution < 1.29 is 9.59 Å². The van der Waals surface area contributed by atoms with Crippen LogP contribution in [0, 0.1) is 0 Å². The molecule has 0 heterocycles. The second kappa shape index (κ2) is 5.99. The number of imide groups is 1. The van der Waals surface area contributed by atoms with Crippen molar-refractivity contribution in [3.8, 4) is 11.1 Å². The van der Waals surface area contributed by atoms with Crippen LogP contribution in [0.5, 0.6) is 0 Å². The zero-order valence-corrected chi connectivity index (χ0v) is 12.9. The summed E-state index contributed by atoms with van der Waals surface area (Å²) in [6.45, 7) is 0. The van der Waals surface area contributed by atoms with Crippen LogP contribution in [0.2, 0.25) is 0 Å². The molecule has 0 aliphatic heterocycles. The lowest BCUT2D eigenvalue weighted by Gasteiger charge is -2.12. The molecular weight excluding hydrogens is 323 g/mol. The molecule has 1 aliphatic carbocycles. The molecule has 2 N–H and O–H groups in total. The van der Waals surface area contributed by atoms with Crippen LogP contribution in [0.4, 0.5) is 10.5 Å². The molecule has 3 amide bonds. The predicted octanol–water partition coefficient (Wildman–Crippen LogP) is 3.71. The maximum absolute atomic E-state index is 11.9. The molecule has 2 aromatic rings. The van der Waals surface area contributed by atoms with Gasteiger partial charge < -0.3 is 5.32 Å². The number of carbonyl (C=O) groups is 2. The standard InChI is InChI=1S/C16H12Cl2N2O2/c17-14(18)15(21)20-16(22)19-12-7-3-5-10-8-9-4-1-2-6-11(9)13(10)12/h1-7,14H,8H2,(H2,19,20,21,22). The number of amides is 3. The average molecular weight is 335 g/mol. The van der Waals surface area contributed by atoms with Crippen molar-refractivity contribution in [1.29, 1.82) is 0 Å². The van der Waals surface area contributed by atoms with Crippen molar-refractivity contribution in [3.05, 3.63) is 53.6 Å². The van der Waals surface area contributed by atoms with Gasteiger partial charge in [-0.15, -0.1) is 0 Å². The smallest absolute Gasteiger partial charge is 0.307 e. The van der Waals surface area contributed by atoms with E-state index in [9.17, 15) is 9.59 Å². The number of fused-ring (bicyclic) bond motifs is 3. The highest BCUT2D eigenvalue weighted by molar-refractivity contribution is 6.54. The van der Waals surface area contributed by atoms with E-state index in [0.717, 1.165) is 23.1 Å². The van der Waals surface area contributed by atoms with E-state index in [1.807, 2.05) is 30.3 Å². The Morgan fingerprint density at radius 2 is 1.73 bits per heavy atom. The number of rotatable bonds is 2. The van der Waals surface area contributed by atoms with Crippen molar-refractivity contribution in [2.24, 2.45) is 0 Å². The molecule has 6 heteroatoms. The SMILES string of the molecule is O=C(NC(=O)C(Cl)Cl)Nc1cccc2c1-c1ccccc1C2. The van der Waals surface area contributed by atoms with Crippen molar-refractivity contribution >= 4 is 40.8 Å². The summed E-state index contributed by atoms with van der Waals surface area (Å²) >= 11 is 10.8. The molecule has 0 saturated heterocycles. The number of nitrogens with one attached hydrogen (secondary N) is 2. The zero-order chi connectivity index (χ0) is 15.7. The topological polar surface area (TPSA) is 58.2 Å². The number of benzene rings is 2. The summed E-state index contributed by atoms with van der Waals surface area (Å²) in [6.07, 6.45) is 0.826. The highest BCUT2D eigenvalue weighted by atomic mass is 35.5. The van der Waals surface area contributed by atoms with E-state index >= 15 is 0 Å². The molecule has 1 aliphatic rings. The lowest BCUT2D eigenvalue weighted by atomic mass is 10.0. The normalized spacial score (nSPS) is 11.8. The van der Waals surface area contributed by atoms with Gasteiger partial charge in [0.2, 0.25) is 0 Å². The van der Waals surface area contributed by atoms with Gasteiger partial charge in [0.1, 0.15) is 0 Å². The van der Waals surface area contributed by atoms with Gasteiger partial charge in [-0.3, -0.25) is 10.1 Å². The fourth-order valence-electron chi connectivity index (χ4n) is 2.61. The lowest BCUT2D eigenvalue weighted by Crippen LogP contribution is -2.37. The molecule has 0 saturated carbocycles. The summed E-state index contributed by atoms with van der Waals surface area (Å²) in [5.74, 6) is -0.756. The molecule has 0 unspecified atom stereocenters. The van der Waals surface area contributed by atoms with Crippen LogP contribution in [-0.2, 0) is 11.2 Å². The highest BCUT2D eigenvalue weighted by Crippen LogP contribution is 2.41. The quantitative estimate of drug-likeness (QED) is 0.702. The van der Waals surface area contributed by atoms with Crippen molar-refractivity contribution in [1.82, 2.24) is 5.32 Å². The molecular formula is C16H12Cl2N2O2. The maximum atomic E-state index is 11.9. The molecule has 0 aromatic heterocycles. The maximum Gasteiger partial charge on any atom is 0.325 e. The molecule has 0 bridgehead atoms. The van der Waals surface area contributed by atoms with Crippen LogP contribution in [0.3, 0.4) is 0 Å². The molecule has 4 nitrogen and oxygen atoms in total. The van der Waals surface area contributed by atoms with Gasteiger partial charge in [-0.05, 0) is 29.2 Å². The number of hydrogen-bond acceptors (Lipinski definition) is 2. The van der Waals surface area contributed by atoms with E-state index in [-0.39, 0.29) is 0 Å². The van der Waals surface area contributed by atoms with E-state index < -0.39 is 16.8 Å². The Morgan fingerprint density at radius 3 is 2.50 bits per heavy atom. The minimum Gasteiger partial charge on any atom is -0.307 e. The Hall–Kier alpha value is -2.04. The van der Waals surface area contributed by atoms with E-state index in [2.05, 4.69) is 16.7 Å². The summed E-state index contributed by atoms with van der Waals surface area (Å²) < 4.78 is 0. The van der Waals surface area contributed by atoms with Gasteiger partial charge >= 0.3 is 6.03 Å². The van der Waals surface area contributed by atoms with Crippen LogP contribution >= 0.6 is 23.2 Å². The summed E-state index contributed by atoms with van der Waals surface area (Å²) in [7, 11) is 0. The van der Waals surface area contributed by atoms with Gasteiger partial charge in [0.25, 0.3) is 5.91 Å². The second-order valence-corrected chi connectivity index (χ2v) is 6.01. The number of alkyl halides is 2. The van der Waals surface area contributed by atoms with Gasteiger partial charge in [0.15, 0.2) is 4.84 Å². The fourth-order valence-corrected chi connectivity index (χ4v) is 2.72. The Bertz CT molecular complexity index is 760. The van der Waals surface area contributed by atoms with Gasteiger partial charge in [-0.25, -0.2) is 4.79 Å². The fraction of sp³-hybridized carbons (Fsp3) is 0.125. The van der Waals surface area contributed by atoms with Crippen molar-refractivity contribution in [2.75, 3.05) is 5.32 Å². The van der Waals surface area contributed by atoms with Crippen LogP contribution in [0.25, 0.3) is 11.1 Å². The molecule has 0 spiro atoms. The molecule has 22 heavy (non-hydrogen) atoms.